The molecule has 11 nitrogen and oxygen atoms in total. The van der Waals surface area contributed by atoms with Gasteiger partial charge in [-0.05, 0) is 44.9 Å². The maximum Gasteiger partial charge on any atom is 0.300 e. The SMILES string of the molecule is CC(=O)O.CC(=O)O.CC(=O)O.CC(=O)O.CC[N+](CC)(CC)CCCc1ccc(NC(=O)CBr)cc1. The van der Waals surface area contributed by atoms with E-state index in [-0.39, 0.29) is 5.91 Å². The summed E-state index contributed by atoms with van der Waals surface area (Å²) in [7, 11) is 0. The molecule has 0 aliphatic rings. The van der Waals surface area contributed by atoms with Crippen molar-refractivity contribution in [3.63, 3.8) is 0 Å². The Kier molecular flexibility index (Phi) is 29.0. The van der Waals surface area contributed by atoms with Gasteiger partial charge in [-0.1, -0.05) is 28.1 Å². The van der Waals surface area contributed by atoms with Gasteiger partial charge in [0.15, 0.2) is 0 Å². The molecule has 37 heavy (non-hydrogen) atoms. The molecule has 0 aliphatic heterocycles. The van der Waals surface area contributed by atoms with Crippen molar-refractivity contribution in [3.05, 3.63) is 29.8 Å². The van der Waals surface area contributed by atoms with Gasteiger partial charge >= 0.3 is 0 Å². The van der Waals surface area contributed by atoms with Crippen molar-refractivity contribution >= 4 is 51.4 Å². The van der Waals surface area contributed by atoms with Gasteiger partial charge in [-0.15, -0.1) is 0 Å². The van der Waals surface area contributed by atoms with E-state index in [4.69, 9.17) is 39.6 Å². The maximum absolute atomic E-state index is 11.3. The van der Waals surface area contributed by atoms with Crippen molar-refractivity contribution in [1.29, 1.82) is 0 Å². The van der Waals surface area contributed by atoms with Crippen molar-refractivity contribution < 1.29 is 48.9 Å². The van der Waals surface area contributed by atoms with Gasteiger partial charge in [0, 0.05) is 39.8 Å². The van der Waals surface area contributed by atoms with Gasteiger partial charge in [0.25, 0.3) is 23.9 Å². The van der Waals surface area contributed by atoms with Crippen molar-refractivity contribution in [2.45, 2.75) is 61.3 Å². The van der Waals surface area contributed by atoms with Gasteiger partial charge in [-0.2, -0.15) is 0 Å². The molecule has 1 rings (SSSR count). The minimum Gasteiger partial charge on any atom is -0.481 e. The molecule has 0 unspecified atom stereocenters. The Hall–Kier alpha value is -2.99. The third-order valence-electron chi connectivity index (χ3n) is 4.47. The van der Waals surface area contributed by atoms with E-state index in [1.165, 1.54) is 42.6 Å². The van der Waals surface area contributed by atoms with Crippen LogP contribution in [0.3, 0.4) is 0 Å². The van der Waals surface area contributed by atoms with E-state index in [2.05, 4.69) is 54.2 Å². The Morgan fingerprint density at radius 1 is 0.730 bits per heavy atom. The summed E-state index contributed by atoms with van der Waals surface area (Å²) >= 11 is 3.15. The number of nitrogens with zero attached hydrogens (tertiary/aromatic N) is 1. The van der Waals surface area contributed by atoms with Crippen LogP contribution < -0.4 is 5.32 Å². The van der Waals surface area contributed by atoms with Crippen molar-refractivity contribution in [3.8, 4) is 0 Å². The Labute approximate surface area is 228 Å². The number of alkyl halides is 1. The van der Waals surface area contributed by atoms with Crippen LogP contribution in [0.15, 0.2) is 24.3 Å². The van der Waals surface area contributed by atoms with Crippen LogP contribution in [0.1, 0.15) is 60.5 Å². The number of carboxylic acids is 4. The molecule has 5 N–H and O–H groups in total. The molecule has 1 aromatic carbocycles. The van der Waals surface area contributed by atoms with Crippen LogP contribution in [-0.4, -0.2) is 86.2 Å². The lowest BCUT2D eigenvalue weighted by Crippen LogP contribution is -2.48. The number of carbonyl (C=O) groups excluding carboxylic acids is 1. The number of aryl methyl sites for hydroxylation is 1. The lowest BCUT2D eigenvalue weighted by atomic mass is 10.1. The zero-order valence-electron chi connectivity index (χ0n) is 22.9. The molecule has 0 heterocycles. The van der Waals surface area contributed by atoms with Crippen LogP contribution in [0.4, 0.5) is 5.69 Å². The molecular formula is C25H44BrN2O9+. The highest BCUT2D eigenvalue weighted by Gasteiger charge is 2.19. The average molecular weight is 597 g/mol. The summed E-state index contributed by atoms with van der Waals surface area (Å²) in [6, 6.07) is 8.19. The molecule has 214 valence electrons. The number of carboxylic acid groups (broad SMARTS) is 4. The highest BCUT2D eigenvalue weighted by molar-refractivity contribution is 9.09. The minimum atomic E-state index is -0.833. The summed E-state index contributed by atoms with van der Waals surface area (Å²) in [6.07, 6.45) is 2.31. The Balaban J connectivity index is -0.000000277. The molecule has 12 heteroatoms. The highest BCUT2D eigenvalue weighted by atomic mass is 79.9. The van der Waals surface area contributed by atoms with Crippen LogP contribution in [0, 0.1) is 0 Å². The molecule has 0 spiro atoms. The largest absolute Gasteiger partial charge is 0.481 e. The maximum atomic E-state index is 11.3. The van der Waals surface area contributed by atoms with E-state index in [1.54, 1.807) is 0 Å². The molecule has 0 saturated heterocycles. The van der Waals surface area contributed by atoms with E-state index in [0.717, 1.165) is 39.8 Å². The number of quaternary nitrogens is 1. The Morgan fingerprint density at radius 3 is 1.32 bits per heavy atom. The third kappa shape index (κ3) is 37.7. The number of amides is 1. The van der Waals surface area contributed by atoms with Crippen molar-refractivity contribution in [2.75, 3.05) is 36.8 Å². The van der Waals surface area contributed by atoms with Crippen LogP contribution in [0.2, 0.25) is 0 Å². The lowest BCUT2D eigenvalue weighted by Gasteiger charge is -2.35. The second-order valence-electron chi connectivity index (χ2n) is 7.57. The number of anilines is 1. The van der Waals surface area contributed by atoms with Crippen molar-refractivity contribution in [2.24, 2.45) is 0 Å². The fraction of sp³-hybridized carbons (Fsp3) is 0.560. The molecule has 1 aromatic rings. The predicted octanol–water partition coefficient (Wildman–Crippen LogP) is 4.19. The fourth-order valence-corrected chi connectivity index (χ4v) is 2.85. The first-order chi connectivity index (χ1) is 17.0. The van der Waals surface area contributed by atoms with Gasteiger partial charge in [0.2, 0.25) is 5.91 Å². The number of hydrogen-bond donors (Lipinski definition) is 5. The monoisotopic (exact) mass is 595 g/mol. The quantitative estimate of drug-likeness (QED) is 0.206. The highest BCUT2D eigenvalue weighted by Crippen LogP contribution is 2.13. The summed E-state index contributed by atoms with van der Waals surface area (Å²) in [4.78, 5) is 47.3. The van der Waals surface area contributed by atoms with Crippen LogP contribution in [0.5, 0.6) is 0 Å². The van der Waals surface area contributed by atoms with Gasteiger partial charge in [-0.3, -0.25) is 24.0 Å². The van der Waals surface area contributed by atoms with E-state index >= 15 is 0 Å². The van der Waals surface area contributed by atoms with E-state index in [1.807, 2.05) is 12.1 Å². The van der Waals surface area contributed by atoms with Gasteiger partial charge < -0.3 is 30.2 Å². The van der Waals surface area contributed by atoms with E-state index in [9.17, 15) is 4.79 Å². The molecule has 0 fully saturated rings. The Bertz CT molecular complexity index is 709. The second-order valence-corrected chi connectivity index (χ2v) is 8.13. The number of halogens is 1. The first-order valence-electron chi connectivity index (χ1n) is 11.6. The van der Waals surface area contributed by atoms with E-state index < -0.39 is 23.9 Å². The van der Waals surface area contributed by atoms with Gasteiger partial charge in [0.1, 0.15) is 0 Å². The minimum absolute atomic E-state index is 0.0151. The third-order valence-corrected chi connectivity index (χ3v) is 4.98. The second kappa shape index (κ2) is 26.1. The topological polar surface area (TPSA) is 178 Å². The molecule has 0 radical (unpaired) electrons. The van der Waals surface area contributed by atoms with Crippen molar-refractivity contribution in [1.82, 2.24) is 0 Å². The standard InChI is InChI=1S/C17H27BrN2O.4C2H4O2/c1-4-20(5-2,6-3)13-7-8-15-9-11-16(12-10-15)19-17(21)14-18;4*1-2(3)4/h9-12H,4-8,13-14H2,1-3H3;4*1H3,(H,3,4)/p+1. The summed E-state index contributed by atoms with van der Waals surface area (Å²) in [5, 5.41) is 32.8. The summed E-state index contributed by atoms with van der Waals surface area (Å²) in [5.41, 5.74) is 2.21. The van der Waals surface area contributed by atoms with Gasteiger partial charge in [-0.25, -0.2) is 0 Å². The lowest BCUT2D eigenvalue weighted by molar-refractivity contribution is -0.923. The summed E-state index contributed by atoms with van der Waals surface area (Å²) < 4.78 is 1.21. The molecule has 1 amide bonds. The molecule has 0 atom stereocenters. The predicted molar refractivity (Wildman–Crippen MR) is 147 cm³/mol. The van der Waals surface area contributed by atoms with E-state index in [0.29, 0.717) is 5.33 Å². The van der Waals surface area contributed by atoms with Crippen LogP contribution >= 0.6 is 15.9 Å². The molecule has 0 bridgehead atoms. The molecular weight excluding hydrogens is 552 g/mol. The number of nitrogens with one attached hydrogen (secondary N) is 1. The normalized spacial score (nSPS) is 9.19. The van der Waals surface area contributed by atoms with Crippen LogP contribution in [-0.2, 0) is 30.4 Å². The zero-order valence-corrected chi connectivity index (χ0v) is 24.5. The first-order valence-corrected chi connectivity index (χ1v) is 12.7. The summed E-state index contributed by atoms with van der Waals surface area (Å²) in [6.45, 7) is 16.1. The number of hydrogen-bond acceptors (Lipinski definition) is 5. The molecule has 0 aliphatic carbocycles. The zero-order chi connectivity index (χ0) is 30.0. The number of carbonyl (C=O) groups is 5. The summed E-state index contributed by atoms with van der Waals surface area (Å²) in [5.74, 6) is -3.35. The number of benzene rings is 1. The van der Waals surface area contributed by atoms with Gasteiger partial charge in [0.05, 0.1) is 31.5 Å². The number of rotatable bonds is 9. The smallest absolute Gasteiger partial charge is 0.300 e. The molecule has 0 aromatic heterocycles. The average Bonchev–Trinajstić information content (AvgIpc) is 2.77. The first kappa shape index (κ1) is 41.1. The molecule has 0 saturated carbocycles. The van der Waals surface area contributed by atoms with Crippen LogP contribution in [0.25, 0.3) is 0 Å². The Morgan fingerprint density at radius 2 is 1.05 bits per heavy atom. The fourth-order valence-electron chi connectivity index (χ4n) is 2.71. The number of aliphatic carboxylic acids is 4.